The van der Waals surface area contributed by atoms with Crippen LogP contribution in [0.3, 0.4) is 0 Å². The summed E-state index contributed by atoms with van der Waals surface area (Å²) in [5.41, 5.74) is -1.37. The molecule has 2 saturated heterocycles. The summed E-state index contributed by atoms with van der Waals surface area (Å²) in [7, 11) is -15.6. The molecule has 0 bridgehead atoms. The second-order valence-corrected chi connectivity index (χ2v) is 27.2. The van der Waals surface area contributed by atoms with Crippen LogP contribution in [0, 0.1) is 11.8 Å². The first-order valence-corrected chi connectivity index (χ1v) is 34.6. The molecule has 0 radical (unpaired) electrons. The van der Waals surface area contributed by atoms with Gasteiger partial charge in [0.15, 0.2) is 24.8 Å². The number of hydrogen-bond donors (Lipinski definition) is 15. The van der Waals surface area contributed by atoms with Crippen LogP contribution in [0.25, 0.3) is 10.8 Å². The summed E-state index contributed by atoms with van der Waals surface area (Å²) in [6.07, 6.45) is -22.4. The molecular formula is C58H76N6O31S3. The van der Waals surface area contributed by atoms with Crippen molar-refractivity contribution in [1.29, 1.82) is 0 Å². The number of aromatic hydroxyl groups is 2. The highest BCUT2D eigenvalue weighted by atomic mass is 32.2. The van der Waals surface area contributed by atoms with Crippen LogP contribution in [0.2, 0.25) is 0 Å². The third-order valence-electron chi connectivity index (χ3n) is 16.0. The summed E-state index contributed by atoms with van der Waals surface area (Å²) >= 11 is 0. The van der Waals surface area contributed by atoms with Gasteiger partial charge in [0.2, 0.25) is 23.6 Å². The maximum atomic E-state index is 14.4. The van der Waals surface area contributed by atoms with Gasteiger partial charge in [-0.1, -0.05) is 51.3 Å². The van der Waals surface area contributed by atoms with Gasteiger partial charge in [-0.05, 0) is 73.9 Å². The van der Waals surface area contributed by atoms with Gasteiger partial charge in [-0.25, -0.2) is 9.59 Å². The topological polar surface area (TPSA) is 575 Å². The molecule has 1 aliphatic carbocycles. The first-order chi connectivity index (χ1) is 46.1. The number of anilines is 1. The van der Waals surface area contributed by atoms with Gasteiger partial charge < -0.3 is 100 Å². The fourth-order valence-corrected chi connectivity index (χ4v) is 13.1. The van der Waals surface area contributed by atoms with Crippen molar-refractivity contribution in [3.63, 3.8) is 0 Å². The Kier molecular flexibility index (Phi) is 27.2. The van der Waals surface area contributed by atoms with Crippen LogP contribution in [0.1, 0.15) is 80.1 Å². The first-order valence-electron chi connectivity index (χ1n) is 30.3. The Bertz CT molecular complexity index is 3810. The zero-order valence-electron chi connectivity index (χ0n) is 52.4. The van der Waals surface area contributed by atoms with Crippen LogP contribution in [0.4, 0.5) is 5.69 Å². The van der Waals surface area contributed by atoms with Gasteiger partial charge in [0, 0.05) is 30.5 Å². The Morgan fingerprint density at radius 2 is 1.36 bits per heavy atom. The molecule has 37 nitrogen and oxygen atoms in total. The van der Waals surface area contributed by atoms with Gasteiger partial charge in [0.1, 0.15) is 66.5 Å². The first kappa shape index (κ1) is 78.0. The molecular weight excluding hydrogens is 1370 g/mol. The van der Waals surface area contributed by atoms with Gasteiger partial charge in [-0.15, -0.1) is 0 Å². The molecule has 1 saturated carbocycles. The highest BCUT2D eigenvalue weighted by Gasteiger charge is 2.55. The van der Waals surface area contributed by atoms with Gasteiger partial charge in [0.25, 0.3) is 36.3 Å². The van der Waals surface area contributed by atoms with Crippen molar-refractivity contribution in [1.82, 2.24) is 25.9 Å². The molecule has 15 N–H and O–H groups in total. The van der Waals surface area contributed by atoms with Crippen molar-refractivity contribution in [2.75, 3.05) is 51.4 Å². The van der Waals surface area contributed by atoms with Crippen LogP contribution in [0.15, 0.2) is 75.4 Å². The quantitative estimate of drug-likeness (QED) is 0.0145. The number of amides is 4. The lowest BCUT2D eigenvalue weighted by atomic mass is 9.80. The zero-order chi connectivity index (χ0) is 72.1. The lowest BCUT2D eigenvalue weighted by Gasteiger charge is -2.48. The van der Waals surface area contributed by atoms with Crippen molar-refractivity contribution in [2.24, 2.45) is 11.8 Å². The van der Waals surface area contributed by atoms with E-state index in [1.807, 2.05) is 13.8 Å². The van der Waals surface area contributed by atoms with Crippen LogP contribution in [-0.2, 0) is 87.4 Å². The van der Waals surface area contributed by atoms with Gasteiger partial charge in [-0.3, -0.25) is 32.8 Å². The Hall–Kier alpha value is -7.33. The number of carbonyl (C=O) groups excluding carboxylic acids is 5. The largest absolute Gasteiger partial charge is 0.493 e. The third-order valence-corrected chi connectivity index (χ3v) is 18.6. The van der Waals surface area contributed by atoms with E-state index in [-0.39, 0.29) is 37.6 Å². The van der Waals surface area contributed by atoms with Crippen LogP contribution >= 0.6 is 0 Å². The van der Waals surface area contributed by atoms with E-state index in [0.29, 0.717) is 43.5 Å². The molecule has 3 fully saturated rings. The normalized spacial score (nSPS) is 25.9. The van der Waals surface area contributed by atoms with Crippen molar-refractivity contribution in [3.05, 3.63) is 71.9 Å². The Morgan fingerprint density at radius 1 is 0.714 bits per heavy atom. The summed E-state index contributed by atoms with van der Waals surface area (Å²) in [6, 6.07) is 7.65. The predicted molar refractivity (Wildman–Crippen MR) is 328 cm³/mol. The van der Waals surface area contributed by atoms with Crippen LogP contribution in [-0.4, -0.2) is 257 Å². The number of carboxylic acids is 1. The van der Waals surface area contributed by atoms with E-state index in [4.69, 9.17) is 37.9 Å². The number of nitrogens with zero attached hydrogens (tertiary/aromatic N) is 2. The molecule has 4 aromatic rings. The molecule has 7 rings (SSSR count). The smallest absolute Gasteiger partial charge is 0.338 e. The van der Waals surface area contributed by atoms with Gasteiger partial charge in [-0.2, -0.15) is 35.2 Å². The summed E-state index contributed by atoms with van der Waals surface area (Å²) < 4.78 is 150. The molecule has 1 aromatic heterocycles. The maximum Gasteiger partial charge on any atom is 0.338 e. The molecule has 2 aliphatic heterocycles. The van der Waals surface area contributed by atoms with E-state index in [2.05, 4.69) is 31.2 Å². The molecule has 3 aliphatic rings. The number of rotatable bonds is 32. The van der Waals surface area contributed by atoms with Crippen molar-refractivity contribution >= 4 is 82.4 Å². The minimum atomic E-state index is -5.35. The number of benzene rings is 3. The highest BCUT2D eigenvalue weighted by molar-refractivity contribution is 7.87. The summed E-state index contributed by atoms with van der Waals surface area (Å²) in [6.45, 7) is 1.25. The fourth-order valence-electron chi connectivity index (χ4n) is 11.2. The number of aromatic nitrogens is 2. The number of aliphatic hydroxyl groups excluding tert-OH is 5. The molecule has 40 heteroatoms. The molecule has 98 heavy (non-hydrogen) atoms. The summed E-state index contributed by atoms with van der Waals surface area (Å²) in [5, 5.41) is 94.9. The second-order valence-electron chi connectivity index (χ2n) is 23.0. The minimum absolute atomic E-state index is 0.0544. The SMILES string of the molecule is CCCC(CC)C[C@H](OC1C(O)C(CO)OC(OC2CC(C(=O)NCCNC(=O)COCCOCC(=O)Nc3cc(S(=O)(=O)O)cc4cc(S(=O)(=O)O)cc(S(=O)(=O)O)c34)CC(NC(=O)c3cc(O)nc(O)n3)C2OC2OC(C)C(O)C(O)C2O)C1OC(=O)c1ccccc1)C(=O)O. The van der Waals surface area contributed by atoms with Gasteiger partial charge >= 0.3 is 17.9 Å². The Morgan fingerprint density at radius 3 is 1.96 bits per heavy atom. The number of aliphatic carboxylic acids is 1. The number of aliphatic hydroxyl groups is 5. The van der Waals surface area contributed by atoms with Crippen LogP contribution < -0.4 is 21.3 Å². The van der Waals surface area contributed by atoms with Crippen molar-refractivity contribution in [2.45, 2.75) is 160 Å². The number of esters is 1. The predicted octanol–water partition coefficient (Wildman–Crippen LogP) is -1.85. The van der Waals surface area contributed by atoms with E-state index < -0.39 is 246 Å². The Labute approximate surface area is 559 Å². The third kappa shape index (κ3) is 20.6. The van der Waals surface area contributed by atoms with E-state index >= 15 is 0 Å². The van der Waals surface area contributed by atoms with E-state index in [1.54, 1.807) is 6.07 Å². The average molecular weight is 1450 g/mol. The summed E-state index contributed by atoms with van der Waals surface area (Å²) in [4.78, 5) is 85.2. The molecule has 3 aromatic carbocycles. The Balaban J connectivity index is 1.08. The number of carboxylic acid groups (broad SMARTS) is 1. The monoisotopic (exact) mass is 1450 g/mol. The zero-order valence-corrected chi connectivity index (χ0v) is 54.9. The average Bonchev–Trinajstić information content (AvgIpc) is 0.755. The standard InChI is InChI=1S/C58H76N6O31S3/c1-4-9-28(5-2)16-38(54(75)76)91-50-46(70)39(24-65)93-57(51(50)94-55(77)29-10-7-6-8-11-29)92-37-20-31(19-35(62-53(74)36-23-41(66)64-58(78)63-36)49(37)95-56-48(72)47(71)45(69)27(3)90-56)52(73)60-13-12-59-42(67)25-88-14-15-89-26-43(68)61-34-21-32(96(79,80)81)17-30-18-33(97(82,83)84)22-40(44(30)34)98(85,86)87/h6-8,10-11,17-18,21-23,27-28,31,35,37-39,45-51,56-57,65,69-72H,4-5,9,12-16,19-20,24-26H2,1-3H3,(H,59,67)(H,60,73)(H,61,68)(H,62,74)(H,75,76)(H,79,80,81)(H,82,83,84)(H,85,86,87)(H2,63,64,66,78)/t27?,28?,31?,35?,37?,38-,39?,45?,46?,47?,48?,49?,50?,51?,56?,57?/m0/s1. The van der Waals surface area contributed by atoms with E-state index in [9.17, 15) is 109 Å². The molecule has 15 unspecified atom stereocenters. The number of nitrogens with one attached hydrogen (secondary N) is 4. The number of ether oxygens (including phenoxy) is 8. The van der Waals surface area contributed by atoms with E-state index in [0.717, 1.165) is 6.07 Å². The van der Waals surface area contributed by atoms with Gasteiger partial charge in [0.05, 0.1) is 59.1 Å². The van der Waals surface area contributed by atoms with Crippen molar-refractivity contribution in [3.8, 4) is 11.9 Å². The van der Waals surface area contributed by atoms with E-state index in [1.165, 1.54) is 31.2 Å². The second kappa shape index (κ2) is 34.2. The molecule has 542 valence electrons. The molecule has 16 atom stereocenters. The minimum Gasteiger partial charge on any atom is -0.493 e. The number of fused-ring (bicyclic) bond motifs is 1. The fraction of sp³-hybridized carbons (Fsp3) is 0.552. The van der Waals surface area contributed by atoms with Crippen LogP contribution in [0.5, 0.6) is 11.9 Å². The lowest BCUT2D eigenvalue weighted by Crippen LogP contribution is -2.65. The summed E-state index contributed by atoms with van der Waals surface area (Å²) in [5.74, 6) is -8.71. The maximum absolute atomic E-state index is 14.4. The van der Waals surface area contributed by atoms with Crippen molar-refractivity contribution < 1.29 is 146 Å². The lowest BCUT2D eigenvalue weighted by molar-refractivity contribution is -0.347. The molecule has 0 spiro atoms. The highest BCUT2D eigenvalue weighted by Crippen LogP contribution is 2.39. The number of hydrogen-bond acceptors (Lipinski definition) is 29. The number of carbonyl (C=O) groups is 6. The molecule has 4 amide bonds. The molecule has 3 heterocycles.